The van der Waals surface area contributed by atoms with Crippen molar-refractivity contribution in [3.63, 3.8) is 0 Å². The number of nitrogens with zero attached hydrogens (tertiary/aromatic N) is 3. The molecule has 0 bridgehead atoms. The third-order valence-electron chi connectivity index (χ3n) is 7.08. The maximum atomic E-state index is 15.1. The van der Waals surface area contributed by atoms with E-state index in [2.05, 4.69) is 27.2 Å². The summed E-state index contributed by atoms with van der Waals surface area (Å²) in [5.41, 5.74) is 6.51. The number of rotatable bonds is 11. The number of aryl methyl sites for hydroxylation is 1. The maximum absolute atomic E-state index is 15.1. The van der Waals surface area contributed by atoms with E-state index in [4.69, 9.17) is 5.73 Å². The summed E-state index contributed by atoms with van der Waals surface area (Å²) in [5, 5.41) is 7.14. The summed E-state index contributed by atoms with van der Waals surface area (Å²) in [5.74, 6) is 0.603. The molecule has 2 atom stereocenters. The van der Waals surface area contributed by atoms with Crippen LogP contribution in [0.15, 0.2) is 77.0 Å². The first-order valence-electron chi connectivity index (χ1n) is 13.8. The van der Waals surface area contributed by atoms with Crippen LogP contribution >= 0.6 is 23.1 Å². The van der Waals surface area contributed by atoms with Crippen LogP contribution < -0.4 is 21.9 Å². The Morgan fingerprint density at radius 1 is 1.26 bits per heavy atom. The number of hydrogen-bond donors (Lipinski definition) is 3. The van der Waals surface area contributed by atoms with Crippen LogP contribution in [0.4, 0.5) is 15.9 Å². The summed E-state index contributed by atoms with van der Waals surface area (Å²) in [6.45, 7) is 8.31. The second kappa shape index (κ2) is 12.9. The monoisotopic (exact) mass is 604 g/mol. The van der Waals surface area contributed by atoms with Gasteiger partial charge in [0.1, 0.15) is 29.2 Å². The Morgan fingerprint density at radius 2 is 2.05 bits per heavy atom. The molecule has 0 saturated carbocycles. The van der Waals surface area contributed by atoms with Gasteiger partial charge in [-0.05, 0) is 37.5 Å². The van der Waals surface area contributed by atoms with E-state index in [1.807, 2.05) is 56.3 Å². The summed E-state index contributed by atoms with van der Waals surface area (Å²) in [7, 11) is 0. The number of pyridine rings is 1. The highest BCUT2D eigenvalue weighted by atomic mass is 32.2. The first kappa shape index (κ1) is 29.5. The zero-order valence-electron chi connectivity index (χ0n) is 23.5. The Kier molecular flexibility index (Phi) is 9.08. The lowest BCUT2D eigenvalue weighted by molar-refractivity contribution is -0.124. The summed E-state index contributed by atoms with van der Waals surface area (Å²) >= 11 is 2.80. The average Bonchev–Trinajstić information content (AvgIpc) is 3.60. The lowest BCUT2D eigenvalue weighted by atomic mass is 10.2. The van der Waals surface area contributed by atoms with Crippen molar-refractivity contribution in [3.05, 3.63) is 98.8 Å². The molecule has 218 valence electrons. The van der Waals surface area contributed by atoms with E-state index in [1.54, 1.807) is 17.5 Å². The van der Waals surface area contributed by atoms with Crippen LogP contribution in [0, 0.1) is 0 Å². The average molecular weight is 605 g/mol. The molecule has 0 fully saturated rings. The van der Waals surface area contributed by atoms with E-state index >= 15 is 4.39 Å². The number of anilines is 2. The molecule has 3 aromatic heterocycles. The first-order valence-corrected chi connectivity index (χ1v) is 15.5. The third-order valence-corrected chi connectivity index (χ3v) is 9.45. The van der Waals surface area contributed by atoms with Crippen LogP contribution in [0.1, 0.15) is 55.4 Å². The number of fused-ring (bicyclic) bond motifs is 2. The summed E-state index contributed by atoms with van der Waals surface area (Å²) in [6, 6.07) is 12.1. The number of benzene rings is 1. The molecule has 4 aromatic rings. The van der Waals surface area contributed by atoms with Crippen molar-refractivity contribution in [1.82, 2.24) is 19.9 Å². The molecule has 0 spiro atoms. The Morgan fingerprint density at radius 3 is 2.81 bits per heavy atom. The maximum Gasteiger partial charge on any atom is 0.277 e. The molecule has 1 aliphatic rings. The van der Waals surface area contributed by atoms with Crippen molar-refractivity contribution in [2.75, 3.05) is 11.1 Å². The number of halogens is 1. The largest absolute Gasteiger partial charge is 0.384 e. The molecule has 8 nitrogen and oxygen atoms in total. The quantitative estimate of drug-likeness (QED) is 0.181. The molecule has 4 heterocycles. The van der Waals surface area contributed by atoms with Gasteiger partial charge in [0.15, 0.2) is 0 Å². The van der Waals surface area contributed by atoms with Crippen molar-refractivity contribution in [3.8, 4) is 0 Å². The van der Waals surface area contributed by atoms with Crippen LogP contribution in [0.3, 0.4) is 0 Å². The van der Waals surface area contributed by atoms with Crippen molar-refractivity contribution in [1.29, 1.82) is 0 Å². The van der Waals surface area contributed by atoms with E-state index < -0.39 is 6.04 Å². The number of carbonyl (C=O) groups excluding carboxylic acids is 1. The second-order valence-corrected chi connectivity index (χ2v) is 12.5. The summed E-state index contributed by atoms with van der Waals surface area (Å²) in [4.78, 5) is 37.5. The molecular weight excluding hydrogens is 572 g/mol. The number of hydrogen-bond acceptors (Lipinski definition) is 8. The lowest BCUT2D eigenvalue weighted by Gasteiger charge is -2.20. The highest BCUT2D eigenvalue weighted by Gasteiger charge is 2.31. The molecule has 11 heteroatoms. The Balaban J connectivity index is 1.28. The van der Waals surface area contributed by atoms with Gasteiger partial charge in [-0.2, -0.15) is 0 Å². The van der Waals surface area contributed by atoms with Gasteiger partial charge in [0.2, 0.25) is 5.91 Å². The van der Waals surface area contributed by atoms with Gasteiger partial charge in [-0.3, -0.25) is 14.2 Å². The zero-order valence-corrected chi connectivity index (χ0v) is 25.2. The number of nitrogens with one attached hydrogen (secondary N) is 2. The minimum atomic E-state index is -0.655. The topological polar surface area (TPSA) is 115 Å². The van der Waals surface area contributed by atoms with Gasteiger partial charge in [-0.1, -0.05) is 55.6 Å². The molecule has 4 N–H and O–H groups in total. The molecule has 5 rings (SSSR count). The highest BCUT2D eigenvalue weighted by Crippen LogP contribution is 2.39. The molecule has 2 unspecified atom stereocenters. The number of amides is 1. The molecular formula is C31H33FN6O2S2. The first-order chi connectivity index (χ1) is 20.2. The summed E-state index contributed by atoms with van der Waals surface area (Å²) in [6.07, 6.45) is 5.26. The van der Waals surface area contributed by atoms with Gasteiger partial charge in [-0.15, -0.1) is 11.3 Å². The van der Waals surface area contributed by atoms with Crippen LogP contribution in [0.5, 0.6) is 0 Å². The summed E-state index contributed by atoms with van der Waals surface area (Å²) < 4.78 is 17.5. The molecule has 0 saturated heterocycles. The van der Waals surface area contributed by atoms with Gasteiger partial charge in [0.05, 0.1) is 23.7 Å². The van der Waals surface area contributed by atoms with Crippen LogP contribution in [-0.4, -0.2) is 26.5 Å². The Hall–Kier alpha value is -3.96. The van der Waals surface area contributed by atoms with Crippen LogP contribution in [-0.2, 0) is 17.8 Å². The lowest BCUT2D eigenvalue weighted by Crippen LogP contribution is -2.36. The van der Waals surface area contributed by atoms with E-state index in [1.165, 1.54) is 22.5 Å². The van der Waals surface area contributed by atoms with Gasteiger partial charge >= 0.3 is 0 Å². The third kappa shape index (κ3) is 6.42. The second-order valence-electron chi connectivity index (χ2n) is 10.2. The smallest absolute Gasteiger partial charge is 0.277 e. The fraction of sp³-hybridized carbons (Fsp3) is 0.290. The van der Waals surface area contributed by atoms with Gasteiger partial charge in [-0.25, -0.2) is 14.4 Å². The highest BCUT2D eigenvalue weighted by molar-refractivity contribution is 8.11. The van der Waals surface area contributed by atoms with Gasteiger partial charge in [0, 0.05) is 38.9 Å². The SMILES string of the molecule is C=C(S/C(=C(/F)CCC)c1ccccc1)C(C)Nc1cnc2n(c1=O)C(C(=O)NCc1cc3cnc(N)cc3s1)CC2. The predicted molar refractivity (Wildman–Crippen MR) is 171 cm³/mol. The zero-order chi connectivity index (χ0) is 29.8. The molecule has 1 aromatic carbocycles. The van der Waals surface area contributed by atoms with Crippen molar-refractivity contribution >= 4 is 55.5 Å². The fourth-order valence-corrected chi connectivity index (χ4v) is 6.85. The van der Waals surface area contributed by atoms with E-state index in [0.29, 0.717) is 53.7 Å². The molecule has 1 aliphatic heterocycles. The number of allylic oxidation sites excluding steroid dienone is 1. The number of nitrogen functional groups attached to an aromatic ring is 1. The van der Waals surface area contributed by atoms with Crippen molar-refractivity contribution < 1.29 is 9.18 Å². The molecule has 1 amide bonds. The normalized spacial score (nSPS) is 15.6. The fourth-order valence-electron chi connectivity index (χ4n) is 4.86. The number of nitrogens with two attached hydrogens (primary N) is 1. The molecule has 42 heavy (non-hydrogen) atoms. The van der Waals surface area contributed by atoms with Gasteiger partial charge in [0.25, 0.3) is 5.56 Å². The van der Waals surface area contributed by atoms with E-state index in [9.17, 15) is 9.59 Å². The van der Waals surface area contributed by atoms with E-state index in [0.717, 1.165) is 20.5 Å². The Bertz CT molecular complexity index is 1720. The van der Waals surface area contributed by atoms with Crippen LogP contribution in [0.25, 0.3) is 15.0 Å². The standard InChI is InChI=1S/C31H33FN6O2S2/c1-4-8-23(32)29(20-9-6-5-7-10-20)41-19(3)18(2)37-24-17-35-28-12-11-25(38(28)31(24)40)30(39)36-16-22-13-21-15-34-27(33)14-26(21)42-22/h5-7,9-10,13-15,17-18,25,37H,3-4,8,11-12,16H2,1-2H3,(H2,33,34)(H,36,39)/b29-23+. The minimum Gasteiger partial charge on any atom is -0.384 e. The number of aromatic nitrogens is 3. The number of carbonyl (C=O) groups is 1. The van der Waals surface area contributed by atoms with Gasteiger partial charge < -0.3 is 16.4 Å². The molecule has 0 aliphatic carbocycles. The molecule has 0 radical (unpaired) electrons. The number of thioether (sulfide) groups is 1. The number of thiophene rings is 1. The minimum absolute atomic E-state index is 0.188. The van der Waals surface area contributed by atoms with Crippen molar-refractivity contribution in [2.45, 2.75) is 58.2 Å². The van der Waals surface area contributed by atoms with Crippen molar-refractivity contribution in [2.24, 2.45) is 0 Å². The van der Waals surface area contributed by atoms with Crippen LogP contribution in [0.2, 0.25) is 0 Å². The van der Waals surface area contributed by atoms with E-state index in [-0.39, 0.29) is 29.0 Å². The Labute approximate surface area is 252 Å². The predicted octanol–water partition coefficient (Wildman–Crippen LogP) is 6.42.